The molecule has 1 heteroatoms. The van der Waals surface area contributed by atoms with E-state index < -0.39 is 0 Å². The molecule has 0 aliphatic heterocycles. The molecular weight excluding hydrogens is 228 g/mol. The quantitative estimate of drug-likeness (QED) is 0.457. The van der Waals surface area contributed by atoms with E-state index in [0.717, 1.165) is 17.7 Å². The van der Waals surface area contributed by atoms with Crippen LogP contribution in [-0.2, 0) is 0 Å². The van der Waals surface area contributed by atoms with E-state index in [-0.39, 0.29) is 0 Å². The first-order chi connectivity index (χ1) is 8.29. The molecule has 0 unspecified atom stereocenters. The van der Waals surface area contributed by atoms with E-state index in [0.29, 0.717) is 5.41 Å². The first-order valence-corrected chi connectivity index (χ1v) is 8.03. The van der Waals surface area contributed by atoms with Crippen LogP contribution in [0.15, 0.2) is 12.2 Å². The van der Waals surface area contributed by atoms with Crippen molar-refractivity contribution >= 4 is 11.6 Å². The molecule has 0 aromatic carbocycles. The summed E-state index contributed by atoms with van der Waals surface area (Å²) in [5, 5.41) is 0. The van der Waals surface area contributed by atoms with Gasteiger partial charge in [-0.1, -0.05) is 44.3 Å². The molecule has 0 spiro atoms. The highest BCUT2D eigenvalue weighted by atomic mass is 35.5. The number of hydrogen-bond donors (Lipinski definition) is 0. The van der Waals surface area contributed by atoms with Gasteiger partial charge < -0.3 is 0 Å². The summed E-state index contributed by atoms with van der Waals surface area (Å²) in [5.74, 6) is 2.87. The normalized spacial score (nSPS) is 36.5. The number of hydrogen-bond acceptors (Lipinski definition) is 0. The van der Waals surface area contributed by atoms with E-state index in [1.54, 1.807) is 0 Å². The fraction of sp³-hybridized carbons (Fsp3) is 0.875. The van der Waals surface area contributed by atoms with Crippen LogP contribution in [0.5, 0.6) is 0 Å². The highest BCUT2D eigenvalue weighted by Crippen LogP contribution is 2.46. The lowest BCUT2D eigenvalue weighted by molar-refractivity contribution is 0.144. The van der Waals surface area contributed by atoms with Gasteiger partial charge in [-0.05, 0) is 44.4 Å². The summed E-state index contributed by atoms with van der Waals surface area (Å²) in [5.41, 5.74) is 0.335. The average molecular weight is 255 g/mol. The topological polar surface area (TPSA) is 0 Å². The van der Waals surface area contributed by atoms with Gasteiger partial charge in [0.05, 0.1) is 0 Å². The second-order valence-electron chi connectivity index (χ2n) is 6.23. The van der Waals surface area contributed by atoms with Gasteiger partial charge in [0.15, 0.2) is 0 Å². The summed E-state index contributed by atoms with van der Waals surface area (Å²) < 4.78 is 0. The van der Waals surface area contributed by atoms with Crippen molar-refractivity contribution in [1.29, 1.82) is 0 Å². The lowest BCUT2D eigenvalue weighted by atomic mass is 9.66. The Balaban J connectivity index is 1.88. The second kappa shape index (κ2) is 6.27. The van der Waals surface area contributed by atoms with Gasteiger partial charge in [0.25, 0.3) is 0 Å². The van der Waals surface area contributed by atoms with Crippen molar-refractivity contribution in [2.75, 3.05) is 5.88 Å². The van der Waals surface area contributed by atoms with Crippen LogP contribution in [0.1, 0.15) is 64.7 Å². The lowest BCUT2D eigenvalue weighted by Crippen LogP contribution is -2.31. The van der Waals surface area contributed by atoms with Crippen molar-refractivity contribution in [2.45, 2.75) is 64.7 Å². The number of alkyl halides is 1. The van der Waals surface area contributed by atoms with Crippen LogP contribution in [0.4, 0.5) is 0 Å². The van der Waals surface area contributed by atoms with Crippen molar-refractivity contribution in [1.82, 2.24) is 0 Å². The number of allylic oxidation sites excluding steroid dienone is 2. The minimum atomic E-state index is 0.335. The molecule has 2 rings (SSSR count). The van der Waals surface area contributed by atoms with E-state index in [2.05, 4.69) is 19.1 Å². The number of rotatable bonds is 3. The Morgan fingerprint density at radius 1 is 1.00 bits per heavy atom. The molecule has 0 amide bonds. The molecule has 0 N–H and O–H groups in total. The van der Waals surface area contributed by atoms with Crippen molar-refractivity contribution in [2.24, 2.45) is 17.3 Å². The largest absolute Gasteiger partial charge is 0.126 e. The van der Waals surface area contributed by atoms with Gasteiger partial charge in [-0.15, -0.1) is 11.6 Å². The smallest absolute Gasteiger partial charge is 0.0314 e. The zero-order chi connectivity index (χ0) is 12.1. The summed E-state index contributed by atoms with van der Waals surface area (Å²) in [7, 11) is 0. The molecule has 2 aliphatic carbocycles. The Kier molecular flexibility index (Phi) is 4.97. The first kappa shape index (κ1) is 13.5. The van der Waals surface area contributed by atoms with Crippen molar-refractivity contribution in [3.8, 4) is 0 Å². The van der Waals surface area contributed by atoms with Crippen LogP contribution in [0.3, 0.4) is 0 Å². The third-order valence-corrected chi connectivity index (χ3v) is 5.66. The second-order valence-corrected chi connectivity index (χ2v) is 6.50. The van der Waals surface area contributed by atoms with Crippen LogP contribution >= 0.6 is 11.6 Å². The first-order valence-electron chi connectivity index (χ1n) is 7.49. The molecule has 0 aromatic rings. The van der Waals surface area contributed by atoms with Gasteiger partial charge in [-0.25, -0.2) is 0 Å². The molecule has 2 aliphatic rings. The van der Waals surface area contributed by atoms with Crippen molar-refractivity contribution in [3.63, 3.8) is 0 Å². The van der Waals surface area contributed by atoms with Crippen LogP contribution < -0.4 is 0 Å². The molecule has 0 radical (unpaired) electrons. The van der Waals surface area contributed by atoms with Gasteiger partial charge in [0, 0.05) is 11.3 Å². The SMILES string of the molecule is C/C=C/C1(CCl)CCC(C2CCCCC2)CC1. The van der Waals surface area contributed by atoms with Gasteiger partial charge in [0.2, 0.25) is 0 Å². The van der Waals surface area contributed by atoms with Crippen LogP contribution in [0.25, 0.3) is 0 Å². The Morgan fingerprint density at radius 2 is 1.59 bits per heavy atom. The summed E-state index contributed by atoms with van der Waals surface area (Å²) in [6.45, 7) is 2.13. The molecular formula is C16H27Cl. The van der Waals surface area contributed by atoms with Crippen LogP contribution in [0, 0.1) is 17.3 Å². The van der Waals surface area contributed by atoms with Gasteiger partial charge in [-0.2, -0.15) is 0 Å². The van der Waals surface area contributed by atoms with Gasteiger partial charge >= 0.3 is 0 Å². The van der Waals surface area contributed by atoms with Crippen LogP contribution in [0.2, 0.25) is 0 Å². The molecule has 17 heavy (non-hydrogen) atoms. The molecule has 2 saturated carbocycles. The fourth-order valence-electron chi connectivity index (χ4n) is 3.99. The van der Waals surface area contributed by atoms with Crippen LogP contribution in [-0.4, -0.2) is 5.88 Å². The summed E-state index contributed by atoms with van der Waals surface area (Å²) >= 11 is 6.20. The predicted molar refractivity (Wildman–Crippen MR) is 76.5 cm³/mol. The maximum absolute atomic E-state index is 6.20. The lowest BCUT2D eigenvalue weighted by Gasteiger charge is -2.40. The molecule has 98 valence electrons. The molecule has 0 heterocycles. The molecule has 0 nitrogen and oxygen atoms in total. The molecule has 0 saturated heterocycles. The van der Waals surface area contributed by atoms with Crippen molar-refractivity contribution < 1.29 is 0 Å². The Labute approximate surface area is 112 Å². The highest BCUT2D eigenvalue weighted by Gasteiger charge is 2.35. The number of halogens is 1. The monoisotopic (exact) mass is 254 g/mol. The third kappa shape index (κ3) is 3.28. The van der Waals surface area contributed by atoms with E-state index in [4.69, 9.17) is 11.6 Å². The summed E-state index contributed by atoms with van der Waals surface area (Å²) in [4.78, 5) is 0. The van der Waals surface area contributed by atoms with E-state index >= 15 is 0 Å². The van der Waals surface area contributed by atoms with Gasteiger partial charge in [0.1, 0.15) is 0 Å². The molecule has 2 fully saturated rings. The average Bonchev–Trinajstić information content (AvgIpc) is 2.41. The maximum Gasteiger partial charge on any atom is 0.0314 e. The maximum atomic E-state index is 6.20. The van der Waals surface area contributed by atoms with Crippen molar-refractivity contribution in [3.05, 3.63) is 12.2 Å². The molecule has 0 bridgehead atoms. The predicted octanol–water partition coefficient (Wildman–Crippen LogP) is 5.56. The molecule has 0 atom stereocenters. The summed E-state index contributed by atoms with van der Waals surface area (Å²) in [6, 6.07) is 0. The summed E-state index contributed by atoms with van der Waals surface area (Å²) in [6.07, 6.45) is 17.5. The molecule has 0 aromatic heterocycles. The Hall–Kier alpha value is 0.0300. The van der Waals surface area contributed by atoms with E-state index in [1.165, 1.54) is 57.8 Å². The third-order valence-electron chi connectivity index (χ3n) is 5.13. The Morgan fingerprint density at radius 3 is 2.12 bits per heavy atom. The minimum Gasteiger partial charge on any atom is -0.126 e. The van der Waals surface area contributed by atoms with Gasteiger partial charge in [-0.3, -0.25) is 0 Å². The minimum absolute atomic E-state index is 0.335. The fourth-order valence-corrected chi connectivity index (χ4v) is 4.35. The van der Waals surface area contributed by atoms with E-state index in [1.807, 2.05) is 0 Å². The zero-order valence-electron chi connectivity index (χ0n) is 11.3. The zero-order valence-corrected chi connectivity index (χ0v) is 12.0. The standard InChI is InChI=1S/C16H27Cl/c1-2-10-16(13-17)11-8-15(9-12-16)14-6-4-3-5-7-14/h2,10,14-15H,3-9,11-13H2,1H3/b10-2+. The Bertz CT molecular complexity index is 242. The van der Waals surface area contributed by atoms with E-state index in [9.17, 15) is 0 Å². The highest BCUT2D eigenvalue weighted by molar-refractivity contribution is 6.18.